The summed E-state index contributed by atoms with van der Waals surface area (Å²) in [6, 6.07) is 15.8. The molecule has 0 bridgehead atoms. The van der Waals surface area contributed by atoms with E-state index in [1.54, 1.807) is 0 Å². The maximum Gasteiger partial charge on any atom is 0.293 e. The molecule has 4 aromatic rings. The molecule has 162 valence electrons. The highest BCUT2D eigenvalue weighted by atomic mass is 16.5. The molecule has 2 heterocycles. The third-order valence-electron chi connectivity index (χ3n) is 5.54. The van der Waals surface area contributed by atoms with Crippen LogP contribution in [0.25, 0.3) is 11.4 Å². The van der Waals surface area contributed by atoms with Crippen molar-refractivity contribution in [1.29, 1.82) is 0 Å². The fraction of sp³-hybridized carbons (Fsp3) is 0.304. The molecule has 2 aromatic carbocycles. The lowest BCUT2D eigenvalue weighted by molar-refractivity contribution is 0.0925. The summed E-state index contributed by atoms with van der Waals surface area (Å²) in [4.78, 5) is 18.6. The van der Waals surface area contributed by atoms with Gasteiger partial charge in [0.1, 0.15) is 0 Å². The van der Waals surface area contributed by atoms with E-state index >= 15 is 0 Å². The van der Waals surface area contributed by atoms with Crippen LogP contribution in [0.4, 0.5) is 0 Å². The number of carbonyl (C=O) groups is 1. The minimum atomic E-state index is -0.328. The minimum Gasteiger partial charge on any atom is -0.342 e. The van der Waals surface area contributed by atoms with Crippen LogP contribution in [-0.2, 0) is 13.0 Å². The monoisotopic (exact) mass is 429 g/mol. The molecule has 0 saturated heterocycles. The highest BCUT2D eigenvalue weighted by molar-refractivity contribution is 5.90. The van der Waals surface area contributed by atoms with E-state index < -0.39 is 0 Å². The van der Waals surface area contributed by atoms with E-state index in [0.717, 1.165) is 29.5 Å². The van der Waals surface area contributed by atoms with Crippen molar-refractivity contribution >= 4 is 5.91 Å². The molecular formula is C23H23N7O2. The van der Waals surface area contributed by atoms with Gasteiger partial charge in [-0.2, -0.15) is 9.78 Å². The van der Waals surface area contributed by atoms with E-state index in [1.807, 2.05) is 56.3 Å². The number of rotatable bonds is 6. The van der Waals surface area contributed by atoms with Crippen LogP contribution < -0.4 is 5.32 Å². The number of nitrogens with zero attached hydrogens (tertiary/aromatic N) is 6. The largest absolute Gasteiger partial charge is 0.342 e. The van der Waals surface area contributed by atoms with Gasteiger partial charge in [0.25, 0.3) is 11.7 Å². The van der Waals surface area contributed by atoms with Crippen LogP contribution in [0.15, 0.2) is 53.1 Å². The number of amides is 1. The van der Waals surface area contributed by atoms with Crippen LogP contribution in [0, 0.1) is 0 Å². The molecule has 0 saturated carbocycles. The van der Waals surface area contributed by atoms with Crippen LogP contribution >= 0.6 is 0 Å². The van der Waals surface area contributed by atoms with Gasteiger partial charge in [0.05, 0.1) is 12.6 Å². The predicted molar refractivity (Wildman–Crippen MR) is 116 cm³/mol. The zero-order chi connectivity index (χ0) is 22.1. The Balaban J connectivity index is 1.27. The minimum absolute atomic E-state index is 0.0685. The van der Waals surface area contributed by atoms with Gasteiger partial charge in [0, 0.05) is 11.5 Å². The van der Waals surface area contributed by atoms with Crippen LogP contribution in [-0.4, -0.2) is 36.3 Å². The summed E-state index contributed by atoms with van der Waals surface area (Å²) in [5.41, 5.74) is 4.21. The van der Waals surface area contributed by atoms with E-state index in [2.05, 4.69) is 36.9 Å². The maximum atomic E-state index is 12.7. The van der Waals surface area contributed by atoms with Crippen molar-refractivity contribution in [3.63, 3.8) is 0 Å². The Morgan fingerprint density at radius 3 is 2.84 bits per heavy atom. The normalized spacial score (nSPS) is 15.2. The van der Waals surface area contributed by atoms with E-state index in [-0.39, 0.29) is 23.7 Å². The SMILES string of the molecule is CC(C)c1nc(-c2ccc3c(c2)CC[C@H]3NC(=O)c2nnn(Cc3ccccc3)n2)no1. The van der Waals surface area contributed by atoms with Crippen molar-refractivity contribution < 1.29 is 9.32 Å². The van der Waals surface area contributed by atoms with Gasteiger partial charge in [-0.25, -0.2) is 0 Å². The number of hydrogen-bond acceptors (Lipinski definition) is 7. The smallest absolute Gasteiger partial charge is 0.293 e. The number of hydrogen-bond donors (Lipinski definition) is 1. The van der Waals surface area contributed by atoms with Crippen molar-refractivity contribution in [2.75, 3.05) is 0 Å². The van der Waals surface area contributed by atoms with Gasteiger partial charge in [-0.1, -0.05) is 61.5 Å². The molecule has 0 aliphatic heterocycles. The number of tetrazole rings is 1. The lowest BCUT2D eigenvalue weighted by Crippen LogP contribution is -2.28. The summed E-state index contributed by atoms with van der Waals surface area (Å²) in [6.45, 7) is 4.50. The number of benzene rings is 2. The second-order valence-corrected chi connectivity index (χ2v) is 8.22. The van der Waals surface area contributed by atoms with Gasteiger partial charge in [-0.3, -0.25) is 4.79 Å². The van der Waals surface area contributed by atoms with Gasteiger partial charge in [0.15, 0.2) is 0 Å². The highest BCUT2D eigenvalue weighted by Gasteiger charge is 2.27. The van der Waals surface area contributed by atoms with Gasteiger partial charge in [-0.05, 0) is 40.8 Å². The van der Waals surface area contributed by atoms with Crippen molar-refractivity contribution in [1.82, 2.24) is 35.7 Å². The third kappa shape index (κ3) is 4.01. The van der Waals surface area contributed by atoms with Crippen molar-refractivity contribution in [3.05, 3.63) is 76.9 Å². The van der Waals surface area contributed by atoms with Crippen LogP contribution in [0.1, 0.15) is 65.4 Å². The average molecular weight is 429 g/mol. The lowest BCUT2D eigenvalue weighted by Gasteiger charge is -2.12. The van der Waals surface area contributed by atoms with Gasteiger partial charge < -0.3 is 9.84 Å². The maximum absolute atomic E-state index is 12.7. The van der Waals surface area contributed by atoms with Crippen LogP contribution in [0.3, 0.4) is 0 Å². The Kier molecular flexibility index (Phi) is 5.22. The highest BCUT2D eigenvalue weighted by Crippen LogP contribution is 2.34. The van der Waals surface area contributed by atoms with Gasteiger partial charge in [0.2, 0.25) is 11.7 Å². The number of aryl methyl sites for hydroxylation is 1. The summed E-state index contributed by atoms with van der Waals surface area (Å²) in [6.07, 6.45) is 1.67. The molecule has 1 atom stereocenters. The first kappa shape index (κ1) is 20.0. The molecule has 5 rings (SSSR count). The molecule has 1 aliphatic rings. The first-order chi connectivity index (χ1) is 15.6. The Labute approximate surface area is 184 Å². The molecule has 1 N–H and O–H groups in total. The second kappa shape index (κ2) is 8.33. The standard InChI is InChI=1S/C23H23N7O2/c1-14(2)23-25-20(28-32-23)17-8-10-18-16(12-17)9-11-19(18)24-22(31)21-26-29-30(27-21)13-15-6-4-3-5-7-15/h3-8,10,12,14,19H,9,11,13H2,1-2H3,(H,24,31)/t19-/m1/s1. The molecule has 9 nitrogen and oxygen atoms in total. The van der Waals surface area contributed by atoms with Crippen LogP contribution in [0.5, 0.6) is 0 Å². The number of aromatic nitrogens is 6. The summed E-state index contributed by atoms with van der Waals surface area (Å²) in [5.74, 6) is 1.14. The van der Waals surface area contributed by atoms with Crippen molar-refractivity contribution in [2.45, 2.75) is 45.2 Å². The average Bonchev–Trinajstić information content (AvgIpc) is 3.54. The summed E-state index contributed by atoms with van der Waals surface area (Å²) < 4.78 is 5.32. The van der Waals surface area contributed by atoms with Gasteiger partial charge in [-0.15, -0.1) is 10.2 Å². The van der Waals surface area contributed by atoms with E-state index in [9.17, 15) is 4.79 Å². The first-order valence-electron chi connectivity index (χ1n) is 10.7. The third-order valence-corrected chi connectivity index (χ3v) is 5.54. The van der Waals surface area contributed by atoms with E-state index in [4.69, 9.17) is 4.52 Å². The zero-order valence-corrected chi connectivity index (χ0v) is 17.9. The Morgan fingerprint density at radius 2 is 2.06 bits per heavy atom. The lowest BCUT2D eigenvalue weighted by atomic mass is 10.0. The molecule has 0 spiro atoms. The zero-order valence-electron chi connectivity index (χ0n) is 17.9. The molecular weight excluding hydrogens is 406 g/mol. The van der Waals surface area contributed by atoms with Crippen molar-refractivity contribution in [3.8, 4) is 11.4 Å². The number of carbonyl (C=O) groups excluding carboxylic acids is 1. The Hall–Kier alpha value is -3.88. The molecule has 1 aliphatic carbocycles. The van der Waals surface area contributed by atoms with Crippen LogP contribution in [0.2, 0.25) is 0 Å². The molecule has 9 heteroatoms. The fourth-order valence-corrected chi connectivity index (χ4v) is 3.86. The first-order valence-corrected chi connectivity index (χ1v) is 10.7. The second-order valence-electron chi connectivity index (χ2n) is 8.22. The summed E-state index contributed by atoms with van der Waals surface area (Å²) in [5, 5.41) is 19.3. The quantitative estimate of drug-likeness (QED) is 0.500. The Morgan fingerprint density at radius 1 is 1.22 bits per heavy atom. The predicted octanol–water partition coefficient (Wildman–Crippen LogP) is 3.31. The fourth-order valence-electron chi connectivity index (χ4n) is 3.86. The molecule has 0 fully saturated rings. The van der Waals surface area contributed by atoms with E-state index in [1.165, 1.54) is 10.4 Å². The summed E-state index contributed by atoms with van der Waals surface area (Å²) >= 11 is 0. The molecule has 2 aromatic heterocycles. The molecule has 0 unspecified atom stereocenters. The number of nitrogens with one attached hydrogen (secondary N) is 1. The molecule has 0 radical (unpaired) electrons. The molecule has 1 amide bonds. The van der Waals surface area contributed by atoms with Crippen molar-refractivity contribution in [2.24, 2.45) is 0 Å². The Bertz CT molecular complexity index is 1250. The molecule has 32 heavy (non-hydrogen) atoms. The summed E-state index contributed by atoms with van der Waals surface area (Å²) in [7, 11) is 0. The van der Waals surface area contributed by atoms with Gasteiger partial charge >= 0.3 is 0 Å². The van der Waals surface area contributed by atoms with E-state index in [0.29, 0.717) is 18.3 Å². The number of fused-ring (bicyclic) bond motifs is 1. The topological polar surface area (TPSA) is 112 Å².